The van der Waals surface area contributed by atoms with Crippen LogP contribution in [0.15, 0.2) is 42.5 Å². The Hall–Kier alpha value is -3.82. The number of pyridine rings is 1. The first-order valence-corrected chi connectivity index (χ1v) is 10.6. The average Bonchev–Trinajstić information content (AvgIpc) is 3.10. The lowest BCUT2D eigenvalue weighted by molar-refractivity contribution is -0.138. The fraction of sp³-hybridized carbons (Fsp3) is 0.292. The maximum absolute atomic E-state index is 13.5. The number of H-pyrrole nitrogens is 1. The number of benzene rings is 1. The lowest BCUT2D eigenvalue weighted by Crippen LogP contribution is -2.48. The molecule has 2 heterocycles. The summed E-state index contributed by atoms with van der Waals surface area (Å²) in [4.78, 5) is 33.0. The number of aromatic amines is 1. The van der Waals surface area contributed by atoms with Gasteiger partial charge in [0.1, 0.15) is 17.6 Å². The number of carbonyl (C=O) groups is 2. The topological polar surface area (TPSA) is 113 Å². The van der Waals surface area contributed by atoms with Crippen LogP contribution in [0.3, 0.4) is 0 Å². The molecule has 0 bridgehead atoms. The van der Waals surface area contributed by atoms with Crippen molar-refractivity contribution in [1.82, 2.24) is 20.6 Å². The van der Waals surface area contributed by atoms with Crippen molar-refractivity contribution in [1.29, 1.82) is 0 Å². The molecule has 0 saturated carbocycles. The van der Waals surface area contributed by atoms with Gasteiger partial charge in [0.05, 0.1) is 5.56 Å². The van der Waals surface area contributed by atoms with Crippen LogP contribution < -0.4 is 16.4 Å². The number of aryl methyl sites for hydroxylation is 3. The van der Waals surface area contributed by atoms with Crippen molar-refractivity contribution in [3.63, 3.8) is 0 Å². The molecule has 5 N–H and O–H groups in total. The number of anilines is 1. The van der Waals surface area contributed by atoms with Crippen LogP contribution in [0.2, 0.25) is 0 Å². The highest BCUT2D eigenvalue weighted by molar-refractivity contribution is 5.97. The molecule has 0 aliphatic heterocycles. The van der Waals surface area contributed by atoms with Crippen molar-refractivity contribution < 1.29 is 22.8 Å². The molecule has 10 heteroatoms. The van der Waals surface area contributed by atoms with E-state index in [4.69, 9.17) is 5.73 Å². The molecule has 180 valence electrons. The Morgan fingerprint density at radius 3 is 2.41 bits per heavy atom. The summed E-state index contributed by atoms with van der Waals surface area (Å²) in [6.45, 7) is 5.30. The van der Waals surface area contributed by atoms with Gasteiger partial charge in [0.2, 0.25) is 5.91 Å². The third-order valence-electron chi connectivity index (χ3n) is 5.42. The zero-order valence-corrected chi connectivity index (χ0v) is 19.0. The van der Waals surface area contributed by atoms with Gasteiger partial charge in [-0.1, -0.05) is 24.3 Å². The van der Waals surface area contributed by atoms with Gasteiger partial charge < -0.3 is 21.4 Å². The maximum Gasteiger partial charge on any atom is 0.416 e. The standard InChI is InChI=1S/C24H26F3N5O2/c1-13-10-14(2)30-21(13)23(34)32-19(11-16-6-4-5-7-18(16)24(25,26)27)22(33)29-12-17-8-9-20(28)31-15(17)3/h4-10,19,30H,11-12H2,1-3H3,(H2,28,31)(H,29,33)(H,32,34)/t19-/m0/s1. The van der Waals surface area contributed by atoms with E-state index in [-0.39, 0.29) is 24.2 Å². The summed E-state index contributed by atoms with van der Waals surface area (Å²) in [5.41, 5.74) is 7.66. The van der Waals surface area contributed by atoms with Gasteiger partial charge in [0.25, 0.3) is 5.91 Å². The molecule has 7 nitrogen and oxygen atoms in total. The molecule has 0 radical (unpaired) electrons. The number of nitrogens with one attached hydrogen (secondary N) is 3. The summed E-state index contributed by atoms with van der Waals surface area (Å²) in [5, 5.41) is 5.28. The summed E-state index contributed by atoms with van der Waals surface area (Å²) in [6, 6.07) is 8.80. The van der Waals surface area contributed by atoms with E-state index in [9.17, 15) is 22.8 Å². The van der Waals surface area contributed by atoms with Crippen molar-refractivity contribution in [3.8, 4) is 0 Å². The molecule has 2 aromatic heterocycles. The largest absolute Gasteiger partial charge is 0.416 e. The second-order valence-corrected chi connectivity index (χ2v) is 8.09. The molecule has 3 rings (SSSR count). The Bertz CT molecular complexity index is 1200. The van der Waals surface area contributed by atoms with Crippen LogP contribution >= 0.6 is 0 Å². The van der Waals surface area contributed by atoms with Gasteiger partial charge in [-0.2, -0.15) is 13.2 Å². The Kier molecular flexibility index (Phi) is 7.29. The Morgan fingerprint density at radius 2 is 1.79 bits per heavy atom. The van der Waals surface area contributed by atoms with Gasteiger partial charge in [-0.15, -0.1) is 0 Å². The van der Waals surface area contributed by atoms with E-state index in [0.29, 0.717) is 22.6 Å². The zero-order chi connectivity index (χ0) is 25.0. The molecule has 0 saturated heterocycles. The highest BCUT2D eigenvalue weighted by Crippen LogP contribution is 2.32. The number of amides is 2. The summed E-state index contributed by atoms with van der Waals surface area (Å²) in [5.74, 6) is -0.874. The Balaban J connectivity index is 1.86. The van der Waals surface area contributed by atoms with Crippen molar-refractivity contribution in [2.75, 3.05) is 5.73 Å². The SMILES string of the molecule is Cc1cc(C)c(C(=O)N[C@@H](Cc2ccccc2C(F)(F)F)C(=O)NCc2ccc(N)nc2C)[nH]1. The van der Waals surface area contributed by atoms with Crippen LogP contribution in [-0.4, -0.2) is 27.8 Å². The van der Waals surface area contributed by atoms with E-state index in [1.165, 1.54) is 18.2 Å². The number of nitrogens with two attached hydrogens (primary N) is 1. The van der Waals surface area contributed by atoms with E-state index in [1.54, 1.807) is 39.0 Å². The molecule has 34 heavy (non-hydrogen) atoms. The summed E-state index contributed by atoms with van der Waals surface area (Å²) < 4.78 is 40.6. The second kappa shape index (κ2) is 9.98. The van der Waals surface area contributed by atoms with Crippen molar-refractivity contribution in [3.05, 3.63) is 81.8 Å². The summed E-state index contributed by atoms with van der Waals surface area (Å²) in [6.07, 6.45) is -4.94. The number of hydrogen-bond donors (Lipinski definition) is 4. The van der Waals surface area contributed by atoms with Crippen molar-refractivity contribution >= 4 is 17.6 Å². The number of aromatic nitrogens is 2. The number of halogens is 3. The smallest absolute Gasteiger partial charge is 0.384 e. The molecular formula is C24H26F3N5O2. The van der Waals surface area contributed by atoms with Gasteiger partial charge in [0, 0.05) is 24.4 Å². The summed E-state index contributed by atoms with van der Waals surface area (Å²) >= 11 is 0. The minimum absolute atomic E-state index is 0.0753. The predicted octanol–water partition coefficient (Wildman–Crippen LogP) is 3.59. The molecule has 0 fully saturated rings. The number of nitrogen functional groups attached to an aromatic ring is 1. The fourth-order valence-electron chi connectivity index (χ4n) is 3.70. The lowest BCUT2D eigenvalue weighted by atomic mass is 9.99. The predicted molar refractivity (Wildman–Crippen MR) is 122 cm³/mol. The first-order valence-electron chi connectivity index (χ1n) is 10.6. The average molecular weight is 473 g/mol. The molecule has 1 aromatic carbocycles. The van der Waals surface area contributed by atoms with Crippen LogP contribution in [0.25, 0.3) is 0 Å². The van der Waals surface area contributed by atoms with E-state index in [2.05, 4.69) is 20.6 Å². The molecule has 2 amide bonds. The number of nitrogens with zero attached hydrogens (tertiary/aromatic N) is 1. The normalized spacial score (nSPS) is 12.3. The highest BCUT2D eigenvalue weighted by atomic mass is 19.4. The highest BCUT2D eigenvalue weighted by Gasteiger charge is 2.34. The Labute approximate surface area is 195 Å². The molecule has 0 unspecified atom stereocenters. The zero-order valence-electron chi connectivity index (χ0n) is 19.0. The quantitative estimate of drug-likeness (QED) is 0.420. The van der Waals surface area contributed by atoms with E-state index >= 15 is 0 Å². The van der Waals surface area contributed by atoms with E-state index < -0.39 is 29.6 Å². The molecule has 1 atom stereocenters. The number of alkyl halides is 3. The van der Waals surface area contributed by atoms with E-state index in [0.717, 1.165) is 11.8 Å². The Morgan fingerprint density at radius 1 is 1.09 bits per heavy atom. The van der Waals surface area contributed by atoms with Crippen LogP contribution in [0.1, 0.15) is 44.1 Å². The van der Waals surface area contributed by atoms with Gasteiger partial charge in [-0.05, 0) is 55.7 Å². The number of carbonyl (C=O) groups excluding carboxylic acids is 2. The van der Waals surface area contributed by atoms with Crippen LogP contribution in [0, 0.1) is 20.8 Å². The van der Waals surface area contributed by atoms with Crippen LogP contribution in [0.5, 0.6) is 0 Å². The van der Waals surface area contributed by atoms with Gasteiger partial charge in [-0.25, -0.2) is 4.98 Å². The van der Waals surface area contributed by atoms with Crippen LogP contribution in [-0.2, 0) is 23.9 Å². The van der Waals surface area contributed by atoms with Gasteiger partial charge >= 0.3 is 6.18 Å². The minimum Gasteiger partial charge on any atom is -0.384 e. The second-order valence-electron chi connectivity index (χ2n) is 8.09. The first kappa shape index (κ1) is 24.8. The fourth-order valence-corrected chi connectivity index (χ4v) is 3.70. The monoisotopic (exact) mass is 473 g/mol. The third kappa shape index (κ3) is 5.94. The molecule has 3 aromatic rings. The molecule has 0 aliphatic rings. The van der Waals surface area contributed by atoms with Gasteiger partial charge in [-0.3, -0.25) is 9.59 Å². The van der Waals surface area contributed by atoms with Crippen LogP contribution in [0.4, 0.5) is 19.0 Å². The summed E-state index contributed by atoms with van der Waals surface area (Å²) in [7, 11) is 0. The van der Waals surface area contributed by atoms with Crippen molar-refractivity contribution in [2.24, 2.45) is 0 Å². The minimum atomic E-state index is -4.60. The lowest BCUT2D eigenvalue weighted by Gasteiger charge is -2.21. The van der Waals surface area contributed by atoms with Gasteiger partial charge in [0.15, 0.2) is 0 Å². The molecule has 0 aliphatic carbocycles. The molecule has 0 spiro atoms. The third-order valence-corrected chi connectivity index (χ3v) is 5.42. The van der Waals surface area contributed by atoms with E-state index in [1.807, 2.05) is 0 Å². The number of hydrogen-bond acceptors (Lipinski definition) is 4. The molecular weight excluding hydrogens is 447 g/mol. The first-order chi connectivity index (χ1) is 16.0. The maximum atomic E-state index is 13.5. The van der Waals surface area contributed by atoms with Crippen molar-refractivity contribution in [2.45, 2.75) is 46.0 Å². The number of rotatable bonds is 7.